The molecule has 1 amide bonds. The number of hydrogen-bond donors (Lipinski definition) is 1. The number of methoxy groups -OCH3 is 2. The van der Waals surface area contributed by atoms with Crippen molar-refractivity contribution >= 4 is 23.1 Å². The molecule has 7 nitrogen and oxygen atoms in total. The fraction of sp³-hybridized carbons (Fsp3) is 0.150. The Morgan fingerprint density at radius 3 is 2.41 bits per heavy atom. The second-order valence-electron chi connectivity index (χ2n) is 5.68. The first-order valence-electron chi connectivity index (χ1n) is 8.26. The van der Waals surface area contributed by atoms with E-state index in [0.29, 0.717) is 23.0 Å². The molecule has 1 aromatic heterocycles. The molecule has 0 saturated heterocycles. The third-order valence-electron chi connectivity index (χ3n) is 3.99. The zero-order valence-electron chi connectivity index (χ0n) is 15.3. The number of ether oxygens (including phenoxy) is 2. The Bertz CT molecular complexity index is 914. The second-order valence-corrected chi connectivity index (χ2v) is 5.68. The lowest BCUT2D eigenvalue weighted by molar-refractivity contribution is 0.0988. The van der Waals surface area contributed by atoms with Crippen molar-refractivity contribution in [3.63, 3.8) is 0 Å². The van der Waals surface area contributed by atoms with E-state index in [1.807, 2.05) is 42.5 Å². The van der Waals surface area contributed by atoms with Crippen LogP contribution in [0.5, 0.6) is 11.5 Å². The molecule has 0 fully saturated rings. The summed E-state index contributed by atoms with van der Waals surface area (Å²) in [4.78, 5) is 22.6. The fourth-order valence-electron chi connectivity index (χ4n) is 2.48. The lowest BCUT2D eigenvalue weighted by Crippen LogP contribution is -2.27. The van der Waals surface area contributed by atoms with Gasteiger partial charge in [-0.3, -0.25) is 4.79 Å². The van der Waals surface area contributed by atoms with Crippen molar-refractivity contribution in [2.24, 2.45) is 0 Å². The minimum atomic E-state index is -0.234. The summed E-state index contributed by atoms with van der Waals surface area (Å²) in [5.41, 5.74) is 1.76. The predicted molar refractivity (Wildman–Crippen MR) is 104 cm³/mol. The summed E-state index contributed by atoms with van der Waals surface area (Å²) < 4.78 is 10.5. The summed E-state index contributed by atoms with van der Waals surface area (Å²) in [5.74, 6) is 1.56. The highest BCUT2D eigenvalue weighted by Crippen LogP contribution is 2.30. The number of carbonyl (C=O) groups excluding carboxylic acids is 1. The van der Waals surface area contributed by atoms with E-state index >= 15 is 0 Å². The molecule has 0 spiro atoms. The highest BCUT2D eigenvalue weighted by atomic mass is 16.5. The molecule has 0 radical (unpaired) electrons. The normalized spacial score (nSPS) is 10.2. The van der Waals surface area contributed by atoms with Crippen LogP contribution < -0.4 is 19.7 Å². The molecule has 1 N–H and O–H groups in total. The van der Waals surface area contributed by atoms with Crippen molar-refractivity contribution in [2.75, 3.05) is 31.5 Å². The predicted octanol–water partition coefficient (Wildman–Crippen LogP) is 3.51. The van der Waals surface area contributed by atoms with E-state index in [2.05, 4.69) is 15.3 Å². The van der Waals surface area contributed by atoms with Gasteiger partial charge in [0.05, 0.1) is 32.3 Å². The van der Waals surface area contributed by atoms with Crippen LogP contribution in [0.3, 0.4) is 0 Å². The molecular formula is C20H20N4O3. The molecule has 7 heteroatoms. The Labute approximate surface area is 157 Å². The first-order chi connectivity index (χ1) is 13.1. The van der Waals surface area contributed by atoms with Gasteiger partial charge < -0.3 is 19.7 Å². The van der Waals surface area contributed by atoms with Gasteiger partial charge in [0.2, 0.25) is 0 Å². The fourth-order valence-corrected chi connectivity index (χ4v) is 2.48. The maximum Gasteiger partial charge on any atom is 0.278 e. The van der Waals surface area contributed by atoms with Gasteiger partial charge in [0.1, 0.15) is 23.0 Å². The van der Waals surface area contributed by atoms with Gasteiger partial charge in [-0.2, -0.15) is 0 Å². The number of anilines is 3. The number of aromatic nitrogens is 2. The van der Waals surface area contributed by atoms with Gasteiger partial charge in [-0.25, -0.2) is 9.97 Å². The van der Waals surface area contributed by atoms with E-state index in [9.17, 15) is 4.79 Å². The summed E-state index contributed by atoms with van der Waals surface area (Å²) in [7, 11) is 4.87. The van der Waals surface area contributed by atoms with Crippen molar-refractivity contribution < 1.29 is 14.3 Å². The Morgan fingerprint density at radius 1 is 1.00 bits per heavy atom. The van der Waals surface area contributed by atoms with E-state index in [4.69, 9.17) is 9.47 Å². The van der Waals surface area contributed by atoms with Gasteiger partial charge in [-0.15, -0.1) is 0 Å². The molecule has 0 bridgehead atoms. The van der Waals surface area contributed by atoms with Crippen molar-refractivity contribution in [3.05, 3.63) is 66.6 Å². The molecule has 1 heterocycles. The zero-order valence-corrected chi connectivity index (χ0v) is 15.3. The smallest absolute Gasteiger partial charge is 0.278 e. The van der Waals surface area contributed by atoms with Crippen LogP contribution in [0.2, 0.25) is 0 Å². The number of rotatable bonds is 6. The SMILES string of the molecule is COc1ccc(Nc2cnc(C(=O)N(C)c3ccccc3)cn2)c(OC)c1. The lowest BCUT2D eigenvalue weighted by Gasteiger charge is -2.16. The third-order valence-corrected chi connectivity index (χ3v) is 3.99. The average molecular weight is 364 g/mol. The van der Waals surface area contributed by atoms with Crippen LogP contribution in [0.1, 0.15) is 10.5 Å². The van der Waals surface area contributed by atoms with Crippen molar-refractivity contribution in [1.82, 2.24) is 9.97 Å². The molecule has 3 rings (SSSR count). The van der Waals surface area contributed by atoms with Crippen molar-refractivity contribution in [1.29, 1.82) is 0 Å². The van der Waals surface area contributed by atoms with Crippen molar-refractivity contribution in [3.8, 4) is 11.5 Å². The molecule has 0 saturated carbocycles. The molecule has 3 aromatic rings. The quantitative estimate of drug-likeness (QED) is 0.721. The van der Waals surface area contributed by atoms with Gasteiger partial charge in [0.15, 0.2) is 0 Å². The lowest BCUT2D eigenvalue weighted by atomic mass is 10.2. The molecule has 0 aliphatic heterocycles. The van der Waals surface area contributed by atoms with Crippen LogP contribution in [0.4, 0.5) is 17.2 Å². The molecule has 138 valence electrons. The first kappa shape index (κ1) is 18.2. The van der Waals surface area contributed by atoms with Gasteiger partial charge in [-0.1, -0.05) is 18.2 Å². The van der Waals surface area contributed by atoms with Crippen LogP contribution in [0.25, 0.3) is 0 Å². The number of para-hydroxylation sites is 1. The number of benzene rings is 2. The Morgan fingerprint density at radius 2 is 1.78 bits per heavy atom. The summed E-state index contributed by atoms with van der Waals surface area (Å²) in [6.07, 6.45) is 2.95. The second kappa shape index (κ2) is 8.18. The topological polar surface area (TPSA) is 76.6 Å². The number of hydrogen-bond acceptors (Lipinski definition) is 6. The molecule has 27 heavy (non-hydrogen) atoms. The van der Waals surface area contributed by atoms with E-state index in [1.54, 1.807) is 27.3 Å². The summed E-state index contributed by atoms with van der Waals surface area (Å²) in [5, 5.41) is 3.12. The minimum Gasteiger partial charge on any atom is -0.497 e. The zero-order chi connectivity index (χ0) is 19.2. The van der Waals surface area contributed by atoms with Crippen LogP contribution in [0, 0.1) is 0 Å². The monoisotopic (exact) mass is 364 g/mol. The highest BCUT2D eigenvalue weighted by Gasteiger charge is 2.15. The van der Waals surface area contributed by atoms with Gasteiger partial charge in [0, 0.05) is 18.8 Å². The minimum absolute atomic E-state index is 0.234. The Kier molecular flexibility index (Phi) is 5.51. The Hall–Kier alpha value is -3.61. The van der Waals surface area contributed by atoms with Crippen LogP contribution in [-0.2, 0) is 0 Å². The standard InChI is InChI=1S/C20H20N4O3/c1-24(14-7-5-4-6-8-14)20(25)17-12-22-19(13-21-17)23-16-10-9-15(26-2)11-18(16)27-3/h4-13H,1-3H3,(H,22,23). The van der Waals surface area contributed by atoms with Gasteiger partial charge in [0.25, 0.3) is 5.91 Å². The molecular weight excluding hydrogens is 344 g/mol. The van der Waals surface area contributed by atoms with Crippen LogP contribution >= 0.6 is 0 Å². The summed E-state index contributed by atoms with van der Waals surface area (Å²) >= 11 is 0. The van der Waals surface area contributed by atoms with Gasteiger partial charge in [-0.05, 0) is 24.3 Å². The van der Waals surface area contributed by atoms with E-state index in [0.717, 1.165) is 5.69 Å². The molecule has 0 aliphatic carbocycles. The van der Waals surface area contributed by atoms with Gasteiger partial charge >= 0.3 is 0 Å². The number of nitrogens with one attached hydrogen (secondary N) is 1. The Balaban J connectivity index is 1.75. The van der Waals surface area contributed by atoms with E-state index in [-0.39, 0.29) is 11.6 Å². The van der Waals surface area contributed by atoms with Crippen LogP contribution in [-0.4, -0.2) is 37.1 Å². The summed E-state index contributed by atoms with van der Waals surface area (Å²) in [6.45, 7) is 0. The first-order valence-corrected chi connectivity index (χ1v) is 8.26. The van der Waals surface area contributed by atoms with Crippen LogP contribution in [0.15, 0.2) is 60.9 Å². The molecule has 0 aliphatic rings. The molecule has 0 atom stereocenters. The third kappa shape index (κ3) is 4.14. The number of amides is 1. The molecule has 2 aromatic carbocycles. The average Bonchev–Trinajstić information content (AvgIpc) is 2.74. The number of carbonyl (C=O) groups is 1. The summed E-state index contributed by atoms with van der Waals surface area (Å²) in [6, 6.07) is 14.8. The van der Waals surface area contributed by atoms with Crippen molar-refractivity contribution in [2.45, 2.75) is 0 Å². The largest absolute Gasteiger partial charge is 0.497 e. The highest BCUT2D eigenvalue weighted by molar-refractivity contribution is 6.04. The maximum absolute atomic E-state index is 12.6. The maximum atomic E-state index is 12.6. The number of nitrogens with zero attached hydrogens (tertiary/aromatic N) is 3. The van der Waals surface area contributed by atoms with E-state index in [1.165, 1.54) is 17.3 Å². The molecule has 0 unspecified atom stereocenters. The van der Waals surface area contributed by atoms with E-state index < -0.39 is 0 Å².